The zero-order valence-corrected chi connectivity index (χ0v) is 12.0. The molecule has 1 unspecified atom stereocenters. The first-order valence-corrected chi connectivity index (χ1v) is 7.08. The number of ether oxygens (including phenoxy) is 2. The molecule has 1 amide bonds. The normalized spacial score (nSPS) is 16.9. The molecular weight excluding hydrogens is 298 g/mol. The largest absolute Gasteiger partial charge is 0.492 e. The van der Waals surface area contributed by atoms with Crippen molar-refractivity contribution in [3.05, 3.63) is 17.7 Å². The van der Waals surface area contributed by atoms with Crippen LogP contribution in [0.4, 0.5) is 5.69 Å². The lowest BCUT2D eigenvalue weighted by Gasteiger charge is -2.12. The fraction of sp³-hybridized carbons (Fsp3) is 0.462. The van der Waals surface area contributed by atoms with Crippen molar-refractivity contribution in [1.82, 2.24) is 0 Å². The number of hydrogen-bond acceptors (Lipinski definition) is 3. The van der Waals surface area contributed by atoms with Crippen molar-refractivity contribution in [3.63, 3.8) is 0 Å². The van der Waals surface area contributed by atoms with Gasteiger partial charge >= 0.3 is 0 Å². The number of rotatable bonds is 4. The van der Waals surface area contributed by atoms with Crippen molar-refractivity contribution in [2.24, 2.45) is 0 Å². The molecule has 0 bridgehead atoms. The highest BCUT2D eigenvalue weighted by Gasteiger charge is 2.22. The minimum Gasteiger partial charge on any atom is -0.492 e. The molecule has 1 aromatic rings. The Bertz CT molecular complexity index is 462. The van der Waals surface area contributed by atoms with Crippen LogP contribution in [0.15, 0.2) is 12.1 Å². The zero-order valence-electron chi connectivity index (χ0n) is 10.5. The van der Waals surface area contributed by atoms with Crippen molar-refractivity contribution in [2.75, 3.05) is 17.3 Å². The van der Waals surface area contributed by atoms with E-state index in [1.165, 1.54) is 0 Å². The number of amides is 1. The Morgan fingerprint density at radius 1 is 1.61 bits per heavy atom. The predicted octanol–water partition coefficient (Wildman–Crippen LogP) is 2.74. The first-order chi connectivity index (χ1) is 8.63. The molecule has 5 heteroatoms. The Hall–Kier alpha value is -1.23. The van der Waals surface area contributed by atoms with Gasteiger partial charge in [-0.05, 0) is 19.9 Å². The van der Waals surface area contributed by atoms with Crippen LogP contribution in [0, 0.1) is 0 Å². The quantitative estimate of drug-likeness (QED) is 0.869. The second-order valence-electron chi connectivity index (χ2n) is 4.20. The van der Waals surface area contributed by atoms with Gasteiger partial charge in [-0.2, -0.15) is 0 Å². The summed E-state index contributed by atoms with van der Waals surface area (Å²) in [5, 5.41) is 3.06. The van der Waals surface area contributed by atoms with E-state index in [4.69, 9.17) is 9.47 Å². The van der Waals surface area contributed by atoms with Gasteiger partial charge in [0, 0.05) is 18.1 Å². The van der Waals surface area contributed by atoms with Gasteiger partial charge in [-0.1, -0.05) is 15.9 Å². The summed E-state index contributed by atoms with van der Waals surface area (Å²) in [6.07, 6.45) is 1.05. The predicted molar refractivity (Wildman–Crippen MR) is 73.8 cm³/mol. The minimum absolute atomic E-state index is 0.109. The maximum atomic E-state index is 11.4. The number of benzene rings is 1. The van der Waals surface area contributed by atoms with Crippen molar-refractivity contribution >= 4 is 27.5 Å². The fourth-order valence-corrected chi connectivity index (χ4v) is 2.14. The Morgan fingerprint density at radius 3 is 3.06 bits per heavy atom. The Morgan fingerprint density at radius 2 is 2.39 bits per heavy atom. The van der Waals surface area contributed by atoms with Crippen molar-refractivity contribution in [2.45, 2.75) is 26.4 Å². The van der Waals surface area contributed by atoms with Gasteiger partial charge in [0.2, 0.25) is 5.91 Å². The smallest absolute Gasteiger partial charge is 0.235 e. The minimum atomic E-state index is -0.109. The van der Waals surface area contributed by atoms with E-state index in [0.717, 1.165) is 17.7 Å². The number of carbonyl (C=O) groups excluding carboxylic acids is 1. The van der Waals surface area contributed by atoms with Gasteiger partial charge in [0.25, 0.3) is 0 Å². The second kappa shape index (κ2) is 5.61. The van der Waals surface area contributed by atoms with Gasteiger partial charge in [0.1, 0.15) is 17.6 Å². The summed E-state index contributed by atoms with van der Waals surface area (Å²) in [7, 11) is 0. The summed E-state index contributed by atoms with van der Waals surface area (Å²) in [4.78, 5) is 11.4. The Labute approximate surface area is 115 Å². The molecule has 18 heavy (non-hydrogen) atoms. The molecule has 98 valence electrons. The summed E-state index contributed by atoms with van der Waals surface area (Å²) in [6.45, 7) is 4.51. The Kier molecular flexibility index (Phi) is 4.11. The van der Waals surface area contributed by atoms with Crippen LogP contribution < -0.4 is 14.8 Å². The second-order valence-corrected chi connectivity index (χ2v) is 4.76. The van der Waals surface area contributed by atoms with Crippen molar-refractivity contribution in [3.8, 4) is 11.5 Å². The first-order valence-electron chi connectivity index (χ1n) is 5.96. The maximum absolute atomic E-state index is 11.4. The molecule has 1 aromatic carbocycles. The highest BCUT2D eigenvalue weighted by atomic mass is 79.9. The monoisotopic (exact) mass is 313 g/mol. The molecule has 1 N–H and O–H groups in total. The van der Waals surface area contributed by atoms with E-state index >= 15 is 0 Å². The highest BCUT2D eigenvalue weighted by Crippen LogP contribution is 2.37. The highest BCUT2D eigenvalue weighted by molar-refractivity contribution is 9.09. The molecule has 0 saturated carbocycles. The number of alkyl halides is 1. The molecule has 0 saturated heterocycles. The lowest BCUT2D eigenvalue weighted by Crippen LogP contribution is -2.13. The van der Waals surface area contributed by atoms with E-state index in [9.17, 15) is 4.79 Å². The molecule has 0 radical (unpaired) electrons. The summed E-state index contributed by atoms with van der Waals surface area (Å²) < 4.78 is 11.2. The summed E-state index contributed by atoms with van der Waals surface area (Å²) in [5.41, 5.74) is 1.79. The van der Waals surface area contributed by atoms with Crippen LogP contribution in [-0.4, -0.2) is 23.9 Å². The fourth-order valence-electron chi connectivity index (χ4n) is 2.00. The topological polar surface area (TPSA) is 47.6 Å². The summed E-state index contributed by atoms with van der Waals surface area (Å²) in [5.74, 6) is 1.42. The SMILES string of the molecule is CCOc1cc2c(cc1NC(=O)CBr)OC(C)C2. The van der Waals surface area contributed by atoms with Gasteiger partial charge in [-0.3, -0.25) is 4.79 Å². The molecule has 0 aliphatic carbocycles. The van der Waals surface area contributed by atoms with E-state index in [1.54, 1.807) is 0 Å². The van der Waals surface area contributed by atoms with Crippen LogP contribution in [0.1, 0.15) is 19.4 Å². The summed E-state index contributed by atoms with van der Waals surface area (Å²) >= 11 is 3.12. The molecule has 0 spiro atoms. The van der Waals surface area contributed by atoms with Crippen LogP contribution in [0.2, 0.25) is 0 Å². The van der Waals surface area contributed by atoms with Crippen LogP contribution in [0.5, 0.6) is 11.5 Å². The average molecular weight is 314 g/mol. The third-order valence-corrected chi connectivity index (χ3v) is 3.20. The number of fused-ring (bicyclic) bond motifs is 1. The van der Waals surface area contributed by atoms with Crippen molar-refractivity contribution < 1.29 is 14.3 Å². The molecule has 0 fully saturated rings. The molecule has 0 aromatic heterocycles. The van der Waals surface area contributed by atoms with Gasteiger partial charge < -0.3 is 14.8 Å². The lowest BCUT2D eigenvalue weighted by atomic mass is 10.1. The van der Waals surface area contributed by atoms with Gasteiger partial charge in [0.15, 0.2) is 0 Å². The van der Waals surface area contributed by atoms with Gasteiger partial charge in [-0.25, -0.2) is 0 Å². The number of carbonyl (C=O) groups is 1. The number of nitrogens with one attached hydrogen (secondary N) is 1. The van der Waals surface area contributed by atoms with E-state index in [2.05, 4.69) is 21.2 Å². The Balaban J connectivity index is 2.31. The number of halogens is 1. The molecule has 1 heterocycles. The third kappa shape index (κ3) is 2.77. The molecule has 2 rings (SSSR count). The van der Waals surface area contributed by atoms with Crippen LogP contribution in [0.25, 0.3) is 0 Å². The maximum Gasteiger partial charge on any atom is 0.235 e. The van der Waals surface area contributed by atoms with Gasteiger partial charge in [0.05, 0.1) is 17.6 Å². The van der Waals surface area contributed by atoms with E-state index < -0.39 is 0 Å². The van der Waals surface area contributed by atoms with Crippen LogP contribution in [-0.2, 0) is 11.2 Å². The van der Waals surface area contributed by atoms with Crippen LogP contribution >= 0.6 is 15.9 Å². The lowest BCUT2D eigenvalue weighted by molar-refractivity contribution is -0.113. The molecule has 1 aliphatic rings. The first kappa shape index (κ1) is 13.2. The number of anilines is 1. The van der Waals surface area contributed by atoms with Crippen molar-refractivity contribution in [1.29, 1.82) is 0 Å². The molecular formula is C13H16BrNO3. The standard InChI is InChI=1S/C13H16BrNO3/c1-3-17-12-5-9-4-8(2)18-11(9)6-10(12)15-13(16)7-14/h5-6,8H,3-4,7H2,1-2H3,(H,15,16). The van der Waals surface area contributed by atoms with E-state index in [1.807, 2.05) is 26.0 Å². The average Bonchev–Trinajstić information content (AvgIpc) is 2.69. The number of hydrogen-bond donors (Lipinski definition) is 1. The molecule has 4 nitrogen and oxygen atoms in total. The summed E-state index contributed by atoms with van der Waals surface area (Å²) in [6, 6.07) is 3.79. The van der Waals surface area contributed by atoms with E-state index in [0.29, 0.717) is 18.0 Å². The van der Waals surface area contributed by atoms with E-state index in [-0.39, 0.29) is 17.3 Å². The molecule has 1 aliphatic heterocycles. The van der Waals surface area contributed by atoms with Gasteiger partial charge in [-0.15, -0.1) is 0 Å². The molecule has 1 atom stereocenters. The van der Waals surface area contributed by atoms with Crippen LogP contribution in [0.3, 0.4) is 0 Å². The third-order valence-electron chi connectivity index (χ3n) is 2.69. The zero-order chi connectivity index (χ0) is 13.1.